The van der Waals surface area contributed by atoms with Crippen LogP contribution in [0.3, 0.4) is 0 Å². The van der Waals surface area contributed by atoms with Crippen molar-refractivity contribution in [2.45, 2.75) is 51.6 Å². The van der Waals surface area contributed by atoms with Crippen LogP contribution in [-0.4, -0.2) is 54.2 Å². The Hall–Kier alpha value is -0.900. The van der Waals surface area contributed by atoms with E-state index >= 15 is 0 Å². The van der Waals surface area contributed by atoms with Crippen LogP contribution < -0.4 is 0 Å². The van der Waals surface area contributed by atoms with Crippen molar-refractivity contribution in [1.82, 2.24) is 9.80 Å². The summed E-state index contributed by atoms with van der Waals surface area (Å²) in [6.45, 7) is 9.23. The minimum atomic E-state index is 0.144. The zero-order valence-corrected chi connectivity index (χ0v) is 15.0. The predicted octanol–water partition coefficient (Wildman–Crippen LogP) is 3.09. The number of likely N-dealkylation sites (N-methyl/N-ethyl adjacent to an activating group) is 1. The molecule has 23 heavy (non-hydrogen) atoms. The first kappa shape index (κ1) is 16.9. The van der Waals surface area contributed by atoms with Crippen LogP contribution in [0.5, 0.6) is 0 Å². The van der Waals surface area contributed by atoms with E-state index in [2.05, 4.69) is 55.0 Å². The molecule has 0 saturated carbocycles. The van der Waals surface area contributed by atoms with Crippen molar-refractivity contribution in [3.05, 3.63) is 35.4 Å². The van der Waals surface area contributed by atoms with Crippen molar-refractivity contribution in [2.24, 2.45) is 5.41 Å². The predicted molar refractivity (Wildman–Crippen MR) is 95.6 cm³/mol. The summed E-state index contributed by atoms with van der Waals surface area (Å²) in [7, 11) is 2.23. The third kappa shape index (κ3) is 3.47. The average molecular weight is 316 g/mol. The molecule has 0 bridgehead atoms. The maximum atomic E-state index is 10.0. The van der Waals surface area contributed by atoms with Crippen molar-refractivity contribution in [2.75, 3.05) is 33.3 Å². The standard InChI is InChI=1S/C20H32N2O/c1-16(2)18-7-5-17(6-8-18)13-22-12-10-20(15-23)9-4-11-21(3)19(20)14-22/h5-8,16,19,23H,4,9-15H2,1-3H3/t19-,20-/m1/s1. The fourth-order valence-electron chi connectivity index (χ4n) is 4.48. The van der Waals surface area contributed by atoms with E-state index in [1.54, 1.807) is 0 Å². The number of rotatable bonds is 4. The summed E-state index contributed by atoms with van der Waals surface area (Å²) in [6, 6.07) is 9.62. The number of aliphatic hydroxyl groups is 1. The van der Waals surface area contributed by atoms with E-state index in [0.717, 1.165) is 26.1 Å². The summed E-state index contributed by atoms with van der Waals surface area (Å²) in [6.07, 6.45) is 3.54. The quantitative estimate of drug-likeness (QED) is 0.925. The maximum Gasteiger partial charge on any atom is 0.0503 e. The number of nitrogens with zero attached hydrogens (tertiary/aromatic N) is 2. The lowest BCUT2D eigenvalue weighted by Crippen LogP contribution is -2.61. The molecule has 0 spiro atoms. The molecular weight excluding hydrogens is 284 g/mol. The summed E-state index contributed by atoms with van der Waals surface area (Å²) < 4.78 is 0. The highest BCUT2D eigenvalue weighted by Gasteiger charge is 2.46. The molecule has 3 rings (SSSR count). The zero-order chi connectivity index (χ0) is 16.4. The Labute approximate surface area is 141 Å². The number of likely N-dealkylation sites (tertiary alicyclic amines) is 2. The number of hydrogen-bond acceptors (Lipinski definition) is 3. The zero-order valence-electron chi connectivity index (χ0n) is 15.0. The van der Waals surface area contributed by atoms with Gasteiger partial charge in [-0.25, -0.2) is 0 Å². The van der Waals surface area contributed by atoms with Crippen LogP contribution >= 0.6 is 0 Å². The smallest absolute Gasteiger partial charge is 0.0503 e. The highest BCUT2D eigenvalue weighted by molar-refractivity contribution is 5.24. The topological polar surface area (TPSA) is 26.7 Å². The Kier molecular flexibility index (Phi) is 5.10. The lowest BCUT2D eigenvalue weighted by atomic mass is 9.69. The van der Waals surface area contributed by atoms with Crippen molar-refractivity contribution in [1.29, 1.82) is 0 Å². The van der Waals surface area contributed by atoms with E-state index in [0.29, 0.717) is 18.6 Å². The Morgan fingerprint density at radius 2 is 1.91 bits per heavy atom. The van der Waals surface area contributed by atoms with Crippen molar-refractivity contribution in [3.8, 4) is 0 Å². The second kappa shape index (κ2) is 6.92. The molecule has 1 aromatic carbocycles. The molecule has 2 aliphatic heterocycles. The summed E-state index contributed by atoms with van der Waals surface area (Å²) in [5.41, 5.74) is 2.97. The van der Waals surface area contributed by atoms with Crippen LogP contribution in [0.4, 0.5) is 0 Å². The minimum absolute atomic E-state index is 0.144. The molecule has 0 aliphatic carbocycles. The van der Waals surface area contributed by atoms with Gasteiger partial charge in [0, 0.05) is 24.5 Å². The fourth-order valence-corrected chi connectivity index (χ4v) is 4.48. The summed E-state index contributed by atoms with van der Waals surface area (Å²) in [5, 5.41) is 10.0. The molecular formula is C20H32N2O. The molecule has 0 unspecified atom stereocenters. The largest absolute Gasteiger partial charge is 0.396 e. The molecule has 1 N–H and O–H groups in total. The van der Waals surface area contributed by atoms with E-state index < -0.39 is 0 Å². The van der Waals surface area contributed by atoms with Gasteiger partial charge in [-0.3, -0.25) is 4.90 Å². The van der Waals surface area contributed by atoms with Crippen LogP contribution in [0, 0.1) is 5.41 Å². The van der Waals surface area contributed by atoms with Gasteiger partial charge >= 0.3 is 0 Å². The molecule has 2 aliphatic rings. The number of aliphatic hydroxyl groups excluding tert-OH is 1. The number of fused-ring (bicyclic) bond motifs is 1. The monoisotopic (exact) mass is 316 g/mol. The summed E-state index contributed by atoms with van der Waals surface area (Å²) in [4.78, 5) is 5.05. The number of hydrogen-bond donors (Lipinski definition) is 1. The maximum absolute atomic E-state index is 10.0. The molecule has 3 nitrogen and oxygen atoms in total. The second-order valence-corrected chi connectivity index (χ2v) is 8.00. The Balaban J connectivity index is 1.66. The first-order valence-corrected chi connectivity index (χ1v) is 9.16. The third-order valence-corrected chi connectivity index (χ3v) is 6.15. The Bertz CT molecular complexity index is 513. The van der Waals surface area contributed by atoms with E-state index in [9.17, 15) is 5.11 Å². The highest BCUT2D eigenvalue weighted by Crippen LogP contribution is 2.41. The SMILES string of the molecule is CC(C)c1ccc(CN2CC[C@@]3(CO)CCCN(C)[C@@H]3C2)cc1. The van der Waals surface area contributed by atoms with Crippen LogP contribution in [0.25, 0.3) is 0 Å². The molecule has 128 valence electrons. The van der Waals surface area contributed by atoms with Gasteiger partial charge in [0.2, 0.25) is 0 Å². The molecule has 0 aromatic heterocycles. The highest BCUT2D eigenvalue weighted by atomic mass is 16.3. The second-order valence-electron chi connectivity index (χ2n) is 8.00. The number of benzene rings is 1. The van der Waals surface area contributed by atoms with Crippen molar-refractivity contribution < 1.29 is 5.11 Å². The van der Waals surface area contributed by atoms with Crippen LogP contribution in [0.1, 0.15) is 50.2 Å². The number of piperidine rings is 2. The molecule has 1 aromatic rings. The normalized spacial score (nSPS) is 29.7. The molecule has 0 radical (unpaired) electrons. The van der Waals surface area contributed by atoms with E-state index in [-0.39, 0.29) is 5.41 Å². The van der Waals surface area contributed by atoms with Crippen LogP contribution in [0.15, 0.2) is 24.3 Å². The minimum Gasteiger partial charge on any atom is -0.396 e. The Morgan fingerprint density at radius 3 is 2.57 bits per heavy atom. The van der Waals surface area contributed by atoms with E-state index in [1.807, 2.05) is 0 Å². The first-order valence-electron chi connectivity index (χ1n) is 9.16. The lowest BCUT2D eigenvalue weighted by Gasteiger charge is -2.53. The van der Waals surface area contributed by atoms with Gasteiger partial charge in [-0.15, -0.1) is 0 Å². The molecule has 2 atom stereocenters. The van der Waals surface area contributed by atoms with Gasteiger partial charge in [0.05, 0.1) is 6.61 Å². The lowest BCUT2D eigenvalue weighted by molar-refractivity contribution is -0.0684. The van der Waals surface area contributed by atoms with Crippen molar-refractivity contribution in [3.63, 3.8) is 0 Å². The molecule has 2 heterocycles. The molecule has 0 amide bonds. The molecule has 2 fully saturated rings. The van der Waals surface area contributed by atoms with E-state index in [1.165, 1.54) is 30.5 Å². The van der Waals surface area contributed by atoms with Gasteiger partial charge in [-0.05, 0) is 56.4 Å². The van der Waals surface area contributed by atoms with Gasteiger partial charge < -0.3 is 10.0 Å². The van der Waals surface area contributed by atoms with Gasteiger partial charge in [0.15, 0.2) is 0 Å². The average Bonchev–Trinajstić information content (AvgIpc) is 2.56. The van der Waals surface area contributed by atoms with Gasteiger partial charge in [-0.1, -0.05) is 38.1 Å². The van der Waals surface area contributed by atoms with Crippen LogP contribution in [-0.2, 0) is 6.54 Å². The van der Waals surface area contributed by atoms with Crippen molar-refractivity contribution >= 4 is 0 Å². The molecule has 2 saturated heterocycles. The van der Waals surface area contributed by atoms with E-state index in [4.69, 9.17) is 0 Å². The summed E-state index contributed by atoms with van der Waals surface area (Å²) in [5.74, 6) is 0.597. The summed E-state index contributed by atoms with van der Waals surface area (Å²) >= 11 is 0. The fraction of sp³-hybridized carbons (Fsp3) is 0.700. The van der Waals surface area contributed by atoms with Crippen LogP contribution in [0.2, 0.25) is 0 Å². The molecule has 3 heteroatoms. The Morgan fingerprint density at radius 1 is 1.17 bits per heavy atom. The van der Waals surface area contributed by atoms with Gasteiger partial charge in [0.25, 0.3) is 0 Å². The third-order valence-electron chi connectivity index (χ3n) is 6.15. The first-order chi connectivity index (χ1) is 11.0. The van der Waals surface area contributed by atoms with Gasteiger partial charge in [-0.2, -0.15) is 0 Å². The van der Waals surface area contributed by atoms with Gasteiger partial charge in [0.1, 0.15) is 0 Å².